The van der Waals surface area contributed by atoms with E-state index in [-0.39, 0.29) is 5.66 Å². The minimum Gasteiger partial charge on any atom is -0.351 e. The molecule has 0 bridgehead atoms. The molecule has 0 radical (unpaired) electrons. The van der Waals surface area contributed by atoms with E-state index < -0.39 is 0 Å². The number of nitrogens with one attached hydrogen (secondary N) is 1. The lowest BCUT2D eigenvalue weighted by atomic mass is 10.1. The number of benzene rings is 1. The highest BCUT2D eigenvalue weighted by molar-refractivity contribution is 5.49. The zero-order chi connectivity index (χ0) is 10.0. The maximum absolute atomic E-state index is 6.22. The third-order valence-corrected chi connectivity index (χ3v) is 2.68. The zero-order valence-corrected chi connectivity index (χ0v) is 8.53. The Morgan fingerprint density at radius 1 is 1.36 bits per heavy atom. The Hall–Kier alpha value is -1.06. The predicted octanol–water partition coefficient (Wildman–Crippen LogP) is 0.771. The molecular formula is C11H17N3. The number of hydrogen-bond donors (Lipinski definition) is 2. The number of nitrogens with two attached hydrogens (primary N) is 1. The van der Waals surface area contributed by atoms with Crippen molar-refractivity contribution in [1.82, 2.24) is 5.32 Å². The van der Waals surface area contributed by atoms with Gasteiger partial charge in [0.25, 0.3) is 0 Å². The Morgan fingerprint density at radius 2 is 2.07 bits per heavy atom. The summed E-state index contributed by atoms with van der Waals surface area (Å²) in [6, 6.07) is 10.3. The van der Waals surface area contributed by atoms with Gasteiger partial charge in [-0.25, -0.2) is 0 Å². The minimum atomic E-state index is -0.278. The van der Waals surface area contributed by atoms with Gasteiger partial charge in [0.05, 0.1) is 5.66 Å². The molecule has 3 N–H and O–H groups in total. The smallest absolute Gasteiger partial charge is 0.0981 e. The van der Waals surface area contributed by atoms with Gasteiger partial charge in [0, 0.05) is 25.3 Å². The summed E-state index contributed by atoms with van der Waals surface area (Å²) in [6.45, 7) is 4.87. The standard InChI is InChI=1S/C11H17N3/c1-11(12)9-13-7-8-14(11)10-5-3-2-4-6-10/h2-6,13H,7-9,12H2,1H3. The Kier molecular flexibility index (Phi) is 2.44. The van der Waals surface area contributed by atoms with E-state index in [9.17, 15) is 0 Å². The van der Waals surface area contributed by atoms with Crippen LogP contribution in [0.2, 0.25) is 0 Å². The van der Waals surface area contributed by atoms with Crippen molar-refractivity contribution in [3.63, 3.8) is 0 Å². The molecule has 0 aliphatic carbocycles. The van der Waals surface area contributed by atoms with Crippen LogP contribution in [0.1, 0.15) is 6.92 Å². The Bertz CT molecular complexity index is 295. The quantitative estimate of drug-likeness (QED) is 0.689. The summed E-state index contributed by atoms with van der Waals surface area (Å²) in [5, 5.41) is 3.31. The molecule has 76 valence electrons. The van der Waals surface area contributed by atoms with Crippen molar-refractivity contribution < 1.29 is 0 Å². The van der Waals surface area contributed by atoms with Crippen LogP contribution < -0.4 is 16.0 Å². The minimum absolute atomic E-state index is 0.278. The van der Waals surface area contributed by atoms with Crippen molar-refractivity contribution in [2.45, 2.75) is 12.6 Å². The van der Waals surface area contributed by atoms with Gasteiger partial charge < -0.3 is 16.0 Å². The third kappa shape index (κ3) is 1.74. The number of nitrogens with zero attached hydrogens (tertiary/aromatic N) is 1. The number of piperazine rings is 1. The summed E-state index contributed by atoms with van der Waals surface area (Å²) < 4.78 is 0. The van der Waals surface area contributed by atoms with E-state index in [1.54, 1.807) is 0 Å². The molecule has 1 atom stereocenters. The monoisotopic (exact) mass is 191 g/mol. The van der Waals surface area contributed by atoms with Gasteiger partial charge in [0.15, 0.2) is 0 Å². The van der Waals surface area contributed by atoms with Gasteiger partial charge in [0.2, 0.25) is 0 Å². The van der Waals surface area contributed by atoms with Gasteiger partial charge in [-0.05, 0) is 19.1 Å². The summed E-state index contributed by atoms with van der Waals surface area (Å²) in [4.78, 5) is 2.25. The van der Waals surface area contributed by atoms with Crippen molar-refractivity contribution in [3.05, 3.63) is 30.3 Å². The van der Waals surface area contributed by atoms with Gasteiger partial charge in [-0.3, -0.25) is 0 Å². The van der Waals surface area contributed by atoms with Crippen LogP contribution in [0.4, 0.5) is 5.69 Å². The molecule has 0 aromatic heterocycles. The second-order valence-corrected chi connectivity index (χ2v) is 4.02. The van der Waals surface area contributed by atoms with Gasteiger partial charge in [-0.15, -0.1) is 0 Å². The van der Waals surface area contributed by atoms with E-state index in [0.717, 1.165) is 19.6 Å². The van der Waals surface area contributed by atoms with Crippen molar-refractivity contribution in [1.29, 1.82) is 0 Å². The van der Waals surface area contributed by atoms with Crippen LogP contribution in [-0.2, 0) is 0 Å². The lowest BCUT2D eigenvalue weighted by Gasteiger charge is -2.44. The zero-order valence-electron chi connectivity index (χ0n) is 8.53. The Morgan fingerprint density at radius 3 is 2.71 bits per heavy atom. The second-order valence-electron chi connectivity index (χ2n) is 4.02. The van der Waals surface area contributed by atoms with E-state index in [2.05, 4.69) is 29.3 Å². The molecule has 0 amide bonds. The predicted molar refractivity (Wildman–Crippen MR) is 59.3 cm³/mol. The molecule has 1 unspecified atom stereocenters. The van der Waals surface area contributed by atoms with Gasteiger partial charge in [-0.1, -0.05) is 18.2 Å². The number of rotatable bonds is 1. The van der Waals surface area contributed by atoms with Crippen LogP contribution in [0.25, 0.3) is 0 Å². The summed E-state index contributed by atoms with van der Waals surface area (Å²) in [5.74, 6) is 0. The number of para-hydroxylation sites is 1. The van der Waals surface area contributed by atoms with Gasteiger partial charge in [-0.2, -0.15) is 0 Å². The van der Waals surface area contributed by atoms with Crippen LogP contribution in [0.3, 0.4) is 0 Å². The Balaban J connectivity index is 2.24. The summed E-state index contributed by atoms with van der Waals surface area (Å²) in [6.07, 6.45) is 0. The summed E-state index contributed by atoms with van der Waals surface area (Å²) >= 11 is 0. The van der Waals surface area contributed by atoms with E-state index >= 15 is 0 Å². The van der Waals surface area contributed by atoms with Crippen LogP contribution in [0.15, 0.2) is 30.3 Å². The lowest BCUT2D eigenvalue weighted by Crippen LogP contribution is -2.65. The molecular weight excluding hydrogens is 174 g/mol. The summed E-state index contributed by atoms with van der Waals surface area (Å²) in [5.41, 5.74) is 7.15. The fraction of sp³-hybridized carbons (Fsp3) is 0.455. The first-order chi connectivity index (χ1) is 6.70. The molecule has 1 aliphatic rings. The number of anilines is 1. The SMILES string of the molecule is CC1(N)CNCCN1c1ccccc1. The fourth-order valence-electron chi connectivity index (χ4n) is 1.92. The first-order valence-corrected chi connectivity index (χ1v) is 5.02. The molecule has 14 heavy (non-hydrogen) atoms. The van der Waals surface area contributed by atoms with Gasteiger partial charge >= 0.3 is 0 Å². The highest BCUT2D eigenvalue weighted by atomic mass is 15.3. The van der Waals surface area contributed by atoms with E-state index in [4.69, 9.17) is 5.73 Å². The second kappa shape index (κ2) is 3.59. The van der Waals surface area contributed by atoms with Crippen molar-refractivity contribution in [2.75, 3.05) is 24.5 Å². The highest BCUT2D eigenvalue weighted by Gasteiger charge is 2.29. The molecule has 1 aromatic carbocycles. The van der Waals surface area contributed by atoms with Crippen molar-refractivity contribution >= 4 is 5.69 Å². The van der Waals surface area contributed by atoms with E-state index in [1.165, 1.54) is 5.69 Å². The molecule has 1 saturated heterocycles. The maximum atomic E-state index is 6.22. The fourth-order valence-corrected chi connectivity index (χ4v) is 1.92. The molecule has 0 spiro atoms. The van der Waals surface area contributed by atoms with Crippen LogP contribution in [0, 0.1) is 0 Å². The molecule has 3 heteroatoms. The molecule has 2 rings (SSSR count). The molecule has 0 saturated carbocycles. The topological polar surface area (TPSA) is 41.3 Å². The Labute approximate surface area is 84.9 Å². The van der Waals surface area contributed by atoms with Crippen molar-refractivity contribution in [2.24, 2.45) is 5.73 Å². The first kappa shape index (κ1) is 9.49. The normalized spacial score (nSPS) is 27.7. The third-order valence-electron chi connectivity index (χ3n) is 2.68. The lowest BCUT2D eigenvalue weighted by molar-refractivity contribution is 0.363. The molecule has 1 fully saturated rings. The van der Waals surface area contributed by atoms with Crippen LogP contribution >= 0.6 is 0 Å². The molecule has 1 aromatic rings. The maximum Gasteiger partial charge on any atom is 0.0981 e. The average Bonchev–Trinajstić information content (AvgIpc) is 2.18. The molecule has 3 nitrogen and oxygen atoms in total. The first-order valence-electron chi connectivity index (χ1n) is 5.02. The largest absolute Gasteiger partial charge is 0.351 e. The van der Waals surface area contributed by atoms with Crippen molar-refractivity contribution in [3.8, 4) is 0 Å². The van der Waals surface area contributed by atoms with E-state index in [0.29, 0.717) is 0 Å². The molecule has 1 aliphatic heterocycles. The van der Waals surface area contributed by atoms with Gasteiger partial charge in [0.1, 0.15) is 0 Å². The van der Waals surface area contributed by atoms with E-state index in [1.807, 2.05) is 18.2 Å². The van der Waals surface area contributed by atoms with Crippen LogP contribution in [-0.4, -0.2) is 25.3 Å². The molecule has 1 heterocycles. The highest BCUT2D eigenvalue weighted by Crippen LogP contribution is 2.21. The average molecular weight is 191 g/mol. The summed E-state index contributed by atoms with van der Waals surface area (Å²) in [7, 11) is 0. The van der Waals surface area contributed by atoms with Crippen LogP contribution in [0.5, 0.6) is 0 Å². The number of hydrogen-bond acceptors (Lipinski definition) is 3.